The quantitative estimate of drug-likeness (QED) is 0.770. The van der Waals surface area contributed by atoms with Gasteiger partial charge in [-0.1, -0.05) is 23.2 Å². The van der Waals surface area contributed by atoms with Gasteiger partial charge in [0.15, 0.2) is 0 Å². The van der Waals surface area contributed by atoms with Crippen molar-refractivity contribution in [2.24, 2.45) is 0 Å². The molecule has 0 saturated carbocycles. The standard InChI is InChI=1S/C13H9BrCl2N2O/c14-9-3-1-7(5-11(9)16)13(19)18-12-6-8(17)2-4-10(12)15/h1-6H,17H2,(H,18,19). The molecule has 98 valence electrons. The average molecular weight is 360 g/mol. The summed E-state index contributed by atoms with van der Waals surface area (Å²) in [4.78, 5) is 12.1. The van der Waals surface area contributed by atoms with Gasteiger partial charge in [0, 0.05) is 15.7 Å². The SMILES string of the molecule is Nc1ccc(Cl)c(NC(=O)c2ccc(Br)c(Cl)c2)c1. The molecule has 2 rings (SSSR count). The smallest absolute Gasteiger partial charge is 0.255 e. The number of anilines is 2. The van der Waals surface area contributed by atoms with E-state index >= 15 is 0 Å². The maximum absolute atomic E-state index is 12.1. The summed E-state index contributed by atoms with van der Waals surface area (Å²) in [6.07, 6.45) is 0. The van der Waals surface area contributed by atoms with E-state index in [0.29, 0.717) is 27.0 Å². The molecular weight excluding hydrogens is 351 g/mol. The number of rotatable bonds is 2. The van der Waals surface area contributed by atoms with Crippen molar-refractivity contribution in [1.29, 1.82) is 0 Å². The Morgan fingerprint density at radius 2 is 1.84 bits per heavy atom. The van der Waals surface area contributed by atoms with Gasteiger partial charge in [0.2, 0.25) is 0 Å². The summed E-state index contributed by atoms with van der Waals surface area (Å²) in [5.74, 6) is -0.304. The van der Waals surface area contributed by atoms with Gasteiger partial charge in [-0.05, 0) is 52.3 Å². The van der Waals surface area contributed by atoms with E-state index in [1.807, 2.05) is 0 Å². The van der Waals surface area contributed by atoms with Crippen LogP contribution in [0.3, 0.4) is 0 Å². The van der Waals surface area contributed by atoms with E-state index in [0.717, 1.165) is 4.47 Å². The van der Waals surface area contributed by atoms with Gasteiger partial charge >= 0.3 is 0 Å². The maximum Gasteiger partial charge on any atom is 0.255 e. The predicted molar refractivity (Wildman–Crippen MR) is 83.0 cm³/mol. The molecule has 0 bridgehead atoms. The number of hydrogen-bond acceptors (Lipinski definition) is 2. The molecule has 0 aromatic heterocycles. The summed E-state index contributed by atoms with van der Waals surface area (Å²) in [5.41, 5.74) is 7.07. The number of nitrogens with two attached hydrogens (primary N) is 1. The monoisotopic (exact) mass is 358 g/mol. The first-order valence-electron chi connectivity index (χ1n) is 5.29. The average Bonchev–Trinajstić information content (AvgIpc) is 2.37. The van der Waals surface area contributed by atoms with Gasteiger partial charge in [0.1, 0.15) is 0 Å². The molecule has 0 radical (unpaired) electrons. The van der Waals surface area contributed by atoms with Crippen LogP contribution in [0.25, 0.3) is 0 Å². The van der Waals surface area contributed by atoms with Crippen molar-refractivity contribution in [3.05, 3.63) is 56.5 Å². The molecule has 1 amide bonds. The molecule has 0 saturated heterocycles. The van der Waals surface area contributed by atoms with Crippen LogP contribution in [0.4, 0.5) is 11.4 Å². The van der Waals surface area contributed by atoms with Crippen LogP contribution in [0.2, 0.25) is 10.0 Å². The Bertz CT molecular complexity index is 647. The lowest BCUT2D eigenvalue weighted by atomic mass is 10.2. The molecule has 0 atom stereocenters. The lowest BCUT2D eigenvalue weighted by Crippen LogP contribution is -2.12. The fourth-order valence-electron chi connectivity index (χ4n) is 1.47. The lowest BCUT2D eigenvalue weighted by Gasteiger charge is -2.08. The van der Waals surface area contributed by atoms with Crippen molar-refractivity contribution in [1.82, 2.24) is 0 Å². The highest BCUT2D eigenvalue weighted by Crippen LogP contribution is 2.26. The number of nitrogens with one attached hydrogen (secondary N) is 1. The van der Waals surface area contributed by atoms with Crippen LogP contribution in [0, 0.1) is 0 Å². The van der Waals surface area contributed by atoms with Crippen LogP contribution in [-0.4, -0.2) is 5.91 Å². The van der Waals surface area contributed by atoms with Crippen LogP contribution in [0.15, 0.2) is 40.9 Å². The van der Waals surface area contributed by atoms with Crippen LogP contribution in [-0.2, 0) is 0 Å². The highest BCUT2D eigenvalue weighted by molar-refractivity contribution is 9.10. The zero-order valence-electron chi connectivity index (χ0n) is 9.58. The molecular formula is C13H9BrCl2N2O. The normalized spacial score (nSPS) is 10.3. The van der Waals surface area contributed by atoms with Crippen molar-refractivity contribution in [2.45, 2.75) is 0 Å². The van der Waals surface area contributed by atoms with Gasteiger partial charge in [-0.2, -0.15) is 0 Å². The minimum atomic E-state index is -0.304. The second-order valence-corrected chi connectivity index (χ2v) is 5.49. The third-order valence-electron chi connectivity index (χ3n) is 2.42. The topological polar surface area (TPSA) is 55.1 Å². The minimum absolute atomic E-state index is 0.304. The van der Waals surface area contributed by atoms with Crippen LogP contribution < -0.4 is 11.1 Å². The van der Waals surface area contributed by atoms with Gasteiger partial charge in [0.05, 0.1) is 15.7 Å². The van der Waals surface area contributed by atoms with Gasteiger partial charge in [0.25, 0.3) is 5.91 Å². The Hall–Kier alpha value is -1.23. The summed E-state index contributed by atoms with van der Waals surface area (Å²) in [6.45, 7) is 0. The molecule has 0 heterocycles. The molecule has 6 heteroatoms. The minimum Gasteiger partial charge on any atom is -0.399 e. The number of nitrogen functional groups attached to an aromatic ring is 1. The van der Waals surface area contributed by atoms with Crippen molar-refractivity contribution in [2.75, 3.05) is 11.1 Å². The number of amides is 1. The molecule has 19 heavy (non-hydrogen) atoms. The van der Waals surface area contributed by atoms with Crippen molar-refractivity contribution in [3.63, 3.8) is 0 Å². The molecule has 3 N–H and O–H groups in total. The maximum atomic E-state index is 12.1. The number of hydrogen-bond donors (Lipinski definition) is 2. The summed E-state index contributed by atoms with van der Waals surface area (Å²) < 4.78 is 0.729. The Morgan fingerprint density at radius 3 is 2.53 bits per heavy atom. The van der Waals surface area contributed by atoms with Gasteiger partial charge < -0.3 is 11.1 Å². The van der Waals surface area contributed by atoms with Crippen molar-refractivity contribution < 1.29 is 4.79 Å². The highest BCUT2D eigenvalue weighted by Gasteiger charge is 2.10. The molecule has 0 aliphatic heterocycles. The summed E-state index contributed by atoms with van der Waals surface area (Å²) in [6, 6.07) is 9.82. The van der Waals surface area contributed by atoms with Gasteiger partial charge in [-0.15, -0.1) is 0 Å². The highest BCUT2D eigenvalue weighted by atomic mass is 79.9. The number of halogens is 3. The van der Waals surface area contributed by atoms with Gasteiger partial charge in [-0.3, -0.25) is 4.79 Å². The van der Waals surface area contributed by atoms with Crippen molar-refractivity contribution >= 4 is 56.4 Å². The molecule has 0 aliphatic carbocycles. The molecule has 0 unspecified atom stereocenters. The van der Waals surface area contributed by atoms with E-state index in [4.69, 9.17) is 28.9 Å². The Labute approximate surface area is 128 Å². The third-order valence-corrected chi connectivity index (χ3v) is 3.98. The Morgan fingerprint density at radius 1 is 1.11 bits per heavy atom. The predicted octanol–water partition coefficient (Wildman–Crippen LogP) is 4.59. The van der Waals surface area contributed by atoms with E-state index in [-0.39, 0.29) is 5.91 Å². The molecule has 2 aromatic carbocycles. The molecule has 0 fully saturated rings. The number of carbonyl (C=O) groups excluding carboxylic acids is 1. The van der Waals surface area contributed by atoms with E-state index in [9.17, 15) is 4.79 Å². The zero-order chi connectivity index (χ0) is 14.0. The molecule has 2 aromatic rings. The second-order valence-electron chi connectivity index (χ2n) is 3.82. The van der Waals surface area contributed by atoms with E-state index < -0.39 is 0 Å². The largest absolute Gasteiger partial charge is 0.399 e. The molecule has 0 aliphatic rings. The fraction of sp³-hybridized carbons (Fsp3) is 0. The zero-order valence-corrected chi connectivity index (χ0v) is 12.7. The van der Waals surface area contributed by atoms with E-state index in [1.54, 1.807) is 36.4 Å². The van der Waals surface area contributed by atoms with E-state index in [2.05, 4.69) is 21.2 Å². The summed E-state index contributed by atoms with van der Waals surface area (Å²) in [7, 11) is 0. The van der Waals surface area contributed by atoms with Crippen LogP contribution in [0.5, 0.6) is 0 Å². The third kappa shape index (κ3) is 3.41. The first kappa shape index (κ1) is 14.2. The molecule has 3 nitrogen and oxygen atoms in total. The second kappa shape index (κ2) is 5.82. The summed E-state index contributed by atoms with van der Waals surface area (Å²) in [5, 5.41) is 3.58. The number of carbonyl (C=O) groups is 1. The Kier molecular flexibility index (Phi) is 4.34. The summed E-state index contributed by atoms with van der Waals surface area (Å²) >= 11 is 15.2. The number of benzene rings is 2. The first-order chi connectivity index (χ1) is 8.97. The first-order valence-corrected chi connectivity index (χ1v) is 6.83. The van der Waals surface area contributed by atoms with Crippen LogP contribution in [0.1, 0.15) is 10.4 Å². The Balaban J connectivity index is 2.25. The van der Waals surface area contributed by atoms with E-state index in [1.165, 1.54) is 0 Å². The lowest BCUT2D eigenvalue weighted by molar-refractivity contribution is 0.102. The fourth-order valence-corrected chi connectivity index (χ4v) is 2.06. The van der Waals surface area contributed by atoms with Crippen molar-refractivity contribution in [3.8, 4) is 0 Å². The van der Waals surface area contributed by atoms with Crippen LogP contribution >= 0.6 is 39.1 Å². The molecule has 0 spiro atoms. The van der Waals surface area contributed by atoms with Gasteiger partial charge in [-0.25, -0.2) is 0 Å².